The van der Waals surface area contributed by atoms with Gasteiger partial charge in [0, 0.05) is 0 Å². The number of nitriles is 1. The molecule has 0 aromatic heterocycles. The smallest absolute Gasteiger partial charge is 0.293 e. The average molecular weight is 266 g/mol. The Hall–Kier alpha value is -1.61. The van der Waals surface area contributed by atoms with Crippen LogP contribution in [0.3, 0.4) is 0 Å². The zero-order valence-electron chi connectivity index (χ0n) is 8.11. The monoisotopic (exact) mass is 265 g/mol. The van der Waals surface area contributed by atoms with Crippen LogP contribution < -0.4 is 0 Å². The van der Waals surface area contributed by atoms with Gasteiger partial charge in [-0.1, -0.05) is 0 Å². The van der Waals surface area contributed by atoms with Crippen molar-refractivity contribution < 1.29 is 22.4 Å². The molecule has 0 fully saturated rings. The van der Waals surface area contributed by atoms with Crippen LogP contribution in [0.2, 0.25) is 0 Å². The van der Waals surface area contributed by atoms with Gasteiger partial charge in [0.25, 0.3) is 0 Å². The van der Waals surface area contributed by atoms with Gasteiger partial charge in [-0.05, 0) is 12.1 Å². The van der Waals surface area contributed by atoms with E-state index >= 15 is 0 Å². The van der Waals surface area contributed by atoms with E-state index in [4.69, 9.17) is 16.9 Å². The molecule has 7 heteroatoms. The van der Waals surface area contributed by atoms with E-state index in [2.05, 4.69) is 0 Å². The van der Waals surface area contributed by atoms with E-state index in [-0.39, 0.29) is 0 Å². The number of hydrogen-bond donors (Lipinski definition) is 0. The van der Waals surface area contributed by atoms with Gasteiger partial charge in [-0.2, -0.15) is 18.4 Å². The van der Waals surface area contributed by atoms with Crippen molar-refractivity contribution in [3.8, 4) is 6.07 Å². The van der Waals surface area contributed by atoms with Crippen molar-refractivity contribution in [2.75, 3.05) is 5.88 Å². The third kappa shape index (κ3) is 2.56. The van der Waals surface area contributed by atoms with Crippen LogP contribution in [0.15, 0.2) is 12.1 Å². The molecular weight excluding hydrogens is 262 g/mol. The van der Waals surface area contributed by atoms with Crippen molar-refractivity contribution in [1.29, 1.82) is 5.26 Å². The number of carbonyl (C=O) groups excluding carboxylic acids is 1. The van der Waals surface area contributed by atoms with Crippen molar-refractivity contribution >= 4 is 17.4 Å². The first kappa shape index (κ1) is 13.5. The normalized spacial score (nSPS) is 11.1. The first-order valence-electron chi connectivity index (χ1n) is 4.22. The molecule has 0 saturated carbocycles. The van der Waals surface area contributed by atoms with Crippen molar-refractivity contribution in [2.24, 2.45) is 0 Å². The van der Waals surface area contributed by atoms with Gasteiger partial charge in [0.1, 0.15) is 5.82 Å². The average Bonchev–Trinajstić information content (AvgIpc) is 2.25. The summed E-state index contributed by atoms with van der Waals surface area (Å²) < 4.78 is 50.6. The number of rotatable bonds is 2. The molecule has 0 aliphatic heterocycles. The van der Waals surface area contributed by atoms with E-state index in [9.17, 15) is 22.4 Å². The molecule has 0 heterocycles. The fourth-order valence-electron chi connectivity index (χ4n) is 1.23. The molecule has 0 amide bonds. The lowest BCUT2D eigenvalue weighted by Gasteiger charge is -2.11. The molecule has 0 aliphatic carbocycles. The topological polar surface area (TPSA) is 40.9 Å². The number of alkyl halides is 4. The molecule has 1 aromatic rings. The first-order valence-corrected chi connectivity index (χ1v) is 4.75. The van der Waals surface area contributed by atoms with Crippen molar-refractivity contribution in [2.45, 2.75) is 6.18 Å². The second kappa shape index (κ2) is 4.72. The highest BCUT2D eigenvalue weighted by Crippen LogP contribution is 2.33. The largest absolute Gasteiger partial charge is 0.419 e. The second-order valence-corrected chi connectivity index (χ2v) is 3.28. The summed E-state index contributed by atoms with van der Waals surface area (Å²) in [5.74, 6) is -3.53. The molecule has 0 spiro atoms. The van der Waals surface area contributed by atoms with Gasteiger partial charge in [0.05, 0.1) is 28.6 Å². The van der Waals surface area contributed by atoms with E-state index in [1.165, 1.54) is 6.07 Å². The summed E-state index contributed by atoms with van der Waals surface area (Å²) >= 11 is 5.15. The zero-order chi connectivity index (χ0) is 13.2. The number of carbonyl (C=O) groups is 1. The van der Waals surface area contributed by atoms with E-state index in [0.29, 0.717) is 6.07 Å². The molecule has 0 N–H and O–H groups in total. The second-order valence-electron chi connectivity index (χ2n) is 3.02. The van der Waals surface area contributed by atoms with Gasteiger partial charge in [0.15, 0.2) is 5.78 Å². The lowest BCUT2D eigenvalue weighted by atomic mass is 10.0. The summed E-state index contributed by atoms with van der Waals surface area (Å²) in [6.45, 7) is 0. The van der Waals surface area contributed by atoms with Crippen molar-refractivity contribution in [3.05, 3.63) is 34.6 Å². The Morgan fingerprint density at radius 3 is 2.41 bits per heavy atom. The number of benzene rings is 1. The third-order valence-electron chi connectivity index (χ3n) is 1.97. The van der Waals surface area contributed by atoms with Crippen molar-refractivity contribution in [1.82, 2.24) is 0 Å². The zero-order valence-corrected chi connectivity index (χ0v) is 8.86. The fraction of sp³-hybridized carbons (Fsp3) is 0.200. The molecule has 17 heavy (non-hydrogen) atoms. The van der Waals surface area contributed by atoms with Crippen LogP contribution in [0.25, 0.3) is 0 Å². The van der Waals surface area contributed by atoms with Crippen LogP contribution in [-0.2, 0) is 6.18 Å². The Balaban J connectivity index is 3.56. The first-order chi connectivity index (χ1) is 7.82. The van der Waals surface area contributed by atoms with Crippen LogP contribution in [0, 0.1) is 17.1 Å². The van der Waals surface area contributed by atoms with Crippen LogP contribution in [0.1, 0.15) is 21.5 Å². The number of nitrogens with zero attached hydrogens (tertiary/aromatic N) is 1. The van der Waals surface area contributed by atoms with Gasteiger partial charge in [-0.25, -0.2) is 4.39 Å². The molecule has 2 nitrogen and oxygen atoms in total. The molecule has 0 radical (unpaired) electrons. The Labute approximate surface area is 98.4 Å². The highest BCUT2D eigenvalue weighted by atomic mass is 35.5. The summed E-state index contributed by atoms with van der Waals surface area (Å²) in [5.41, 5.74) is -2.98. The fourth-order valence-corrected chi connectivity index (χ4v) is 1.36. The summed E-state index contributed by atoms with van der Waals surface area (Å²) in [7, 11) is 0. The predicted octanol–water partition coefficient (Wildman–Crippen LogP) is 3.14. The molecular formula is C10H4ClF4NO. The minimum Gasteiger partial charge on any atom is -0.293 e. The minimum absolute atomic E-state index is 0.416. The number of halogens is 5. The Kier molecular flexibility index (Phi) is 3.73. The van der Waals surface area contributed by atoms with Gasteiger partial charge in [-0.3, -0.25) is 4.79 Å². The maximum absolute atomic E-state index is 13.5. The summed E-state index contributed by atoms with van der Waals surface area (Å²) in [5, 5.41) is 8.59. The number of hydrogen-bond acceptors (Lipinski definition) is 2. The third-order valence-corrected chi connectivity index (χ3v) is 2.21. The highest BCUT2D eigenvalue weighted by Gasteiger charge is 2.36. The Bertz CT molecular complexity index is 504. The Morgan fingerprint density at radius 1 is 1.41 bits per heavy atom. The molecule has 0 aliphatic rings. The summed E-state index contributed by atoms with van der Waals surface area (Å²) in [6, 6.07) is 2.60. The van der Waals surface area contributed by atoms with Crippen LogP contribution >= 0.6 is 11.6 Å². The van der Waals surface area contributed by atoms with Crippen LogP contribution in [0.4, 0.5) is 17.6 Å². The summed E-state index contributed by atoms with van der Waals surface area (Å²) in [4.78, 5) is 11.2. The quantitative estimate of drug-likeness (QED) is 0.468. The maximum Gasteiger partial charge on any atom is 0.419 e. The minimum atomic E-state index is -4.93. The highest BCUT2D eigenvalue weighted by molar-refractivity contribution is 6.30. The molecule has 1 aromatic carbocycles. The van der Waals surface area contributed by atoms with Gasteiger partial charge >= 0.3 is 6.18 Å². The number of ketones is 1. The molecule has 90 valence electrons. The number of Topliss-reactive ketones (excluding diaryl/α,β-unsaturated/α-hetero) is 1. The van der Waals surface area contributed by atoms with Gasteiger partial charge < -0.3 is 0 Å². The lowest BCUT2D eigenvalue weighted by molar-refractivity contribution is -0.140. The predicted molar refractivity (Wildman–Crippen MR) is 51.2 cm³/mol. The van der Waals surface area contributed by atoms with E-state index < -0.39 is 40.3 Å². The van der Waals surface area contributed by atoms with Crippen LogP contribution in [0.5, 0.6) is 0 Å². The molecule has 0 bridgehead atoms. The van der Waals surface area contributed by atoms with E-state index in [1.807, 2.05) is 0 Å². The molecule has 1 rings (SSSR count). The standard InChI is InChI=1S/C10H4ClF4NO/c11-3-7(17)8-5(4-16)1-2-6(9(8)12)10(13,14)15/h1-2H,3H2. The lowest BCUT2D eigenvalue weighted by Crippen LogP contribution is -2.15. The van der Waals surface area contributed by atoms with Gasteiger partial charge in [-0.15, -0.1) is 11.6 Å². The molecule has 0 atom stereocenters. The molecule has 0 unspecified atom stereocenters. The summed E-state index contributed by atoms with van der Waals surface area (Å²) in [6.07, 6.45) is -4.93. The van der Waals surface area contributed by atoms with Gasteiger partial charge in [0.2, 0.25) is 0 Å². The van der Waals surface area contributed by atoms with E-state index in [1.54, 1.807) is 0 Å². The Morgan fingerprint density at radius 2 is 2.00 bits per heavy atom. The van der Waals surface area contributed by atoms with Crippen molar-refractivity contribution in [3.63, 3.8) is 0 Å². The van der Waals surface area contributed by atoms with E-state index in [0.717, 1.165) is 6.07 Å². The SMILES string of the molecule is N#Cc1ccc(C(F)(F)F)c(F)c1C(=O)CCl. The van der Waals surface area contributed by atoms with Crippen LogP contribution in [-0.4, -0.2) is 11.7 Å². The molecule has 0 saturated heterocycles. The maximum atomic E-state index is 13.5.